The number of aryl methyl sites for hydroxylation is 1. The van der Waals surface area contributed by atoms with Gasteiger partial charge in [0, 0.05) is 17.7 Å². The first-order valence-corrected chi connectivity index (χ1v) is 8.44. The molecule has 2 amide bonds. The topological polar surface area (TPSA) is 71.3 Å². The average Bonchev–Trinajstić information content (AvgIpc) is 3.07. The Hall–Kier alpha value is -2.82. The van der Waals surface area contributed by atoms with Gasteiger partial charge in [-0.05, 0) is 44.0 Å². The second-order valence-electron chi connectivity index (χ2n) is 6.01. The van der Waals surface area contributed by atoms with Gasteiger partial charge in [-0.2, -0.15) is 0 Å². The fourth-order valence-corrected chi connectivity index (χ4v) is 2.50. The third kappa shape index (κ3) is 5.35. The van der Waals surface area contributed by atoms with Crippen molar-refractivity contribution in [2.24, 2.45) is 0 Å². The van der Waals surface area contributed by atoms with Crippen molar-refractivity contribution in [2.45, 2.75) is 39.7 Å². The number of nitrogens with one attached hydrogen (secondary N) is 2. The van der Waals surface area contributed by atoms with Crippen LogP contribution in [0.1, 0.15) is 48.4 Å². The lowest BCUT2D eigenvalue weighted by atomic mass is 10.1. The average molecular weight is 340 g/mol. The quantitative estimate of drug-likeness (QED) is 0.756. The Morgan fingerprint density at radius 1 is 1.20 bits per heavy atom. The number of amides is 2. The number of hydrogen-bond donors (Lipinski definition) is 2. The van der Waals surface area contributed by atoms with Gasteiger partial charge in [-0.25, -0.2) is 0 Å². The van der Waals surface area contributed by atoms with Crippen LogP contribution in [0.15, 0.2) is 52.8 Å². The molecular weight excluding hydrogens is 316 g/mol. The molecular formula is C20H24N2O3. The molecule has 0 saturated carbocycles. The van der Waals surface area contributed by atoms with Crippen LogP contribution in [0.2, 0.25) is 0 Å². The van der Waals surface area contributed by atoms with E-state index in [1.807, 2.05) is 26.0 Å². The van der Waals surface area contributed by atoms with Gasteiger partial charge in [0.25, 0.3) is 11.8 Å². The summed E-state index contributed by atoms with van der Waals surface area (Å²) in [4.78, 5) is 25.1. The number of hydrogen-bond acceptors (Lipinski definition) is 3. The molecule has 2 rings (SSSR count). The zero-order chi connectivity index (χ0) is 18.2. The lowest BCUT2D eigenvalue weighted by Crippen LogP contribution is -2.39. The van der Waals surface area contributed by atoms with Crippen molar-refractivity contribution in [3.8, 4) is 0 Å². The van der Waals surface area contributed by atoms with Crippen LogP contribution in [0.4, 0.5) is 0 Å². The van der Waals surface area contributed by atoms with Crippen molar-refractivity contribution in [1.82, 2.24) is 10.6 Å². The van der Waals surface area contributed by atoms with Crippen LogP contribution in [0, 0.1) is 6.92 Å². The predicted octanol–water partition coefficient (Wildman–Crippen LogP) is 3.66. The van der Waals surface area contributed by atoms with Crippen molar-refractivity contribution in [2.75, 3.05) is 0 Å². The lowest BCUT2D eigenvalue weighted by Gasteiger charge is -2.16. The van der Waals surface area contributed by atoms with E-state index in [-0.39, 0.29) is 23.6 Å². The first-order chi connectivity index (χ1) is 12.0. The molecule has 1 heterocycles. The highest BCUT2D eigenvalue weighted by Crippen LogP contribution is 2.11. The number of rotatable bonds is 7. The highest BCUT2D eigenvalue weighted by atomic mass is 16.3. The van der Waals surface area contributed by atoms with E-state index in [4.69, 9.17) is 4.42 Å². The maximum atomic E-state index is 12.6. The van der Waals surface area contributed by atoms with Gasteiger partial charge >= 0.3 is 0 Å². The number of furan rings is 1. The van der Waals surface area contributed by atoms with E-state index in [0.717, 1.165) is 18.4 Å². The zero-order valence-corrected chi connectivity index (χ0v) is 14.8. The second-order valence-corrected chi connectivity index (χ2v) is 6.01. The minimum absolute atomic E-state index is 0.0212. The molecule has 2 aromatic rings. The smallest absolute Gasteiger partial charge is 0.268 e. The van der Waals surface area contributed by atoms with Crippen molar-refractivity contribution >= 4 is 17.9 Å². The van der Waals surface area contributed by atoms with Gasteiger partial charge in [0.1, 0.15) is 11.5 Å². The fraction of sp³-hybridized carbons (Fsp3) is 0.300. The largest absolute Gasteiger partial charge is 0.465 e. The van der Waals surface area contributed by atoms with Crippen molar-refractivity contribution in [3.63, 3.8) is 0 Å². The van der Waals surface area contributed by atoms with E-state index < -0.39 is 0 Å². The van der Waals surface area contributed by atoms with E-state index in [2.05, 4.69) is 17.6 Å². The molecule has 0 aliphatic rings. The molecule has 0 aliphatic carbocycles. The Morgan fingerprint density at radius 3 is 2.60 bits per heavy atom. The predicted molar refractivity (Wildman–Crippen MR) is 97.8 cm³/mol. The van der Waals surface area contributed by atoms with E-state index in [9.17, 15) is 9.59 Å². The molecule has 0 radical (unpaired) electrons. The Labute approximate surface area is 148 Å². The summed E-state index contributed by atoms with van der Waals surface area (Å²) in [5.74, 6) is -0.160. The molecule has 1 atom stereocenters. The summed E-state index contributed by atoms with van der Waals surface area (Å²) in [7, 11) is 0. The van der Waals surface area contributed by atoms with Crippen molar-refractivity contribution in [1.29, 1.82) is 0 Å². The van der Waals surface area contributed by atoms with Crippen LogP contribution in [0.5, 0.6) is 0 Å². The standard InChI is InChI=1S/C20H24N2O3/c1-4-8-15(3)21-20(24)18(13-16-10-7-12-25-16)22-19(23)17-11-6-5-9-14(17)2/h5-7,9-13,15H,4,8H2,1-3H3,(H,21,24)(H,22,23)/b18-13-. The molecule has 1 unspecified atom stereocenters. The van der Waals surface area contributed by atoms with Crippen LogP contribution in [-0.4, -0.2) is 17.9 Å². The zero-order valence-electron chi connectivity index (χ0n) is 14.8. The van der Waals surface area contributed by atoms with Crippen LogP contribution in [0.3, 0.4) is 0 Å². The maximum absolute atomic E-state index is 12.6. The van der Waals surface area contributed by atoms with Gasteiger partial charge in [0.05, 0.1) is 6.26 Å². The SMILES string of the molecule is CCCC(C)NC(=O)/C(=C/c1ccco1)NC(=O)c1ccccc1C. The first kappa shape index (κ1) is 18.5. The Bertz CT molecular complexity index is 748. The summed E-state index contributed by atoms with van der Waals surface area (Å²) in [6.45, 7) is 5.85. The summed E-state index contributed by atoms with van der Waals surface area (Å²) in [5, 5.41) is 5.61. The second kappa shape index (κ2) is 8.87. The molecule has 5 heteroatoms. The van der Waals surface area contributed by atoms with Gasteiger partial charge in [-0.15, -0.1) is 0 Å². The third-order valence-electron chi connectivity index (χ3n) is 3.81. The summed E-state index contributed by atoms with van der Waals surface area (Å²) in [5.41, 5.74) is 1.53. The molecule has 1 aromatic carbocycles. The Balaban J connectivity index is 2.22. The van der Waals surface area contributed by atoms with Gasteiger partial charge in [-0.1, -0.05) is 31.5 Å². The van der Waals surface area contributed by atoms with E-state index in [1.54, 1.807) is 24.3 Å². The number of carbonyl (C=O) groups is 2. The van der Waals surface area contributed by atoms with Crippen LogP contribution >= 0.6 is 0 Å². The van der Waals surface area contributed by atoms with Crippen LogP contribution in [-0.2, 0) is 4.79 Å². The Kier molecular flexibility index (Phi) is 6.57. The molecule has 0 spiro atoms. The molecule has 0 saturated heterocycles. The summed E-state index contributed by atoms with van der Waals surface area (Å²) in [6.07, 6.45) is 4.88. The first-order valence-electron chi connectivity index (χ1n) is 8.44. The monoisotopic (exact) mass is 340 g/mol. The van der Waals surface area contributed by atoms with Gasteiger partial charge in [-0.3, -0.25) is 9.59 Å². The maximum Gasteiger partial charge on any atom is 0.268 e. The molecule has 5 nitrogen and oxygen atoms in total. The molecule has 0 fully saturated rings. The minimum atomic E-state index is -0.334. The third-order valence-corrected chi connectivity index (χ3v) is 3.81. The summed E-state index contributed by atoms with van der Waals surface area (Å²) >= 11 is 0. The highest BCUT2D eigenvalue weighted by Gasteiger charge is 2.17. The molecule has 25 heavy (non-hydrogen) atoms. The summed E-state index contributed by atoms with van der Waals surface area (Å²) < 4.78 is 5.27. The van der Waals surface area contributed by atoms with E-state index in [0.29, 0.717) is 11.3 Å². The molecule has 1 aromatic heterocycles. The van der Waals surface area contributed by atoms with Crippen molar-refractivity contribution < 1.29 is 14.0 Å². The van der Waals surface area contributed by atoms with E-state index in [1.165, 1.54) is 12.3 Å². The number of benzene rings is 1. The molecule has 2 N–H and O–H groups in total. The lowest BCUT2D eigenvalue weighted by molar-refractivity contribution is -0.118. The van der Waals surface area contributed by atoms with Gasteiger partial charge < -0.3 is 15.1 Å². The van der Waals surface area contributed by atoms with Crippen LogP contribution < -0.4 is 10.6 Å². The highest BCUT2D eigenvalue weighted by molar-refractivity contribution is 6.05. The minimum Gasteiger partial charge on any atom is -0.465 e. The normalized spacial score (nSPS) is 12.5. The van der Waals surface area contributed by atoms with Gasteiger partial charge in [0.2, 0.25) is 0 Å². The summed E-state index contributed by atoms with van der Waals surface area (Å²) in [6, 6.07) is 10.7. The molecule has 0 bridgehead atoms. The molecule has 132 valence electrons. The molecule has 0 aliphatic heterocycles. The van der Waals surface area contributed by atoms with Gasteiger partial charge in [0.15, 0.2) is 0 Å². The number of carbonyl (C=O) groups excluding carboxylic acids is 2. The van der Waals surface area contributed by atoms with Crippen molar-refractivity contribution in [3.05, 3.63) is 65.2 Å². The van der Waals surface area contributed by atoms with Crippen LogP contribution in [0.25, 0.3) is 6.08 Å². The Morgan fingerprint density at radius 2 is 1.96 bits per heavy atom. The fourth-order valence-electron chi connectivity index (χ4n) is 2.50. The van der Waals surface area contributed by atoms with E-state index >= 15 is 0 Å².